The van der Waals surface area contributed by atoms with Crippen LogP contribution < -0.4 is 4.74 Å². The third-order valence-corrected chi connectivity index (χ3v) is 3.71. The maximum atomic E-state index is 12.6. The standard InChI is InChI=1S/C18H27NO6/c1-14(18(22)24-3)13-19(8-10-25-11-9-20)17(21)12-15-4-6-16(23-2)7-5-15/h4-7,14,20H,8-13H2,1-3H3. The van der Waals surface area contributed by atoms with E-state index in [4.69, 9.17) is 19.3 Å². The highest BCUT2D eigenvalue weighted by Gasteiger charge is 2.21. The maximum absolute atomic E-state index is 12.6. The molecule has 0 aliphatic heterocycles. The molecule has 0 bridgehead atoms. The van der Waals surface area contributed by atoms with Crippen molar-refractivity contribution in [3.05, 3.63) is 29.8 Å². The number of esters is 1. The van der Waals surface area contributed by atoms with Crippen molar-refractivity contribution in [1.29, 1.82) is 0 Å². The lowest BCUT2D eigenvalue weighted by Crippen LogP contribution is -2.40. The summed E-state index contributed by atoms with van der Waals surface area (Å²) in [5.74, 6) is -0.167. The van der Waals surface area contributed by atoms with Crippen molar-refractivity contribution < 1.29 is 28.9 Å². The molecule has 7 heteroatoms. The molecule has 140 valence electrons. The molecule has 0 saturated heterocycles. The molecule has 1 rings (SSSR count). The SMILES string of the molecule is COC(=O)C(C)CN(CCOCCO)C(=O)Cc1ccc(OC)cc1. The highest BCUT2D eigenvalue weighted by atomic mass is 16.5. The van der Waals surface area contributed by atoms with Crippen LogP contribution in [-0.2, 0) is 25.5 Å². The number of aliphatic hydroxyl groups is 1. The zero-order valence-electron chi connectivity index (χ0n) is 15.1. The summed E-state index contributed by atoms with van der Waals surface area (Å²) >= 11 is 0. The molecule has 7 nitrogen and oxygen atoms in total. The van der Waals surface area contributed by atoms with Crippen LogP contribution in [-0.4, -0.2) is 69.0 Å². The van der Waals surface area contributed by atoms with E-state index in [0.29, 0.717) is 13.2 Å². The van der Waals surface area contributed by atoms with E-state index in [0.717, 1.165) is 11.3 Å². The van der Waals surface area contributed by atoms with E-state index in [9.17, 15) is 9.59 Å². The highest BCUT2D eigenvalue weighted by molar-refractivity contribution is 5.80. The Bertz CT molecular complexity index is 531. The van der Waals surface area contributed by atoms with Gasteiger partial charge in [-0.15, -0.1) is 0 Å². The van der Waals surface area contributed by atoms with E-state index in [1.807, 2.05) is 12.1 Å². The molecule has 25 heavy (non-hydrogen) atoms. The van der Waals surface area contributed by atoms with Gasteiger partial charge in [0, 0.05) is 13.1 Å². The number of nitrogens with zero attached hydrogens (tertiary/aromatic N) is 1. The van der Waals surface area contributed by atoms with Gasteiger partial charge in [0.15, 0.2) is 0 Å². The zero-order chi connectivity index (χ0) is 18.7. The predicted octanol–water partition coefficient (Wildman–Crippen LogP) is 0.884. The molecule has 0 fully saturated rings. The van der Waals surface area contributed by atoms with Gasteiger partial charge in [0.1, 0.15) is 5.75 Å². The van der Waals surface area contributed by atoms with Crippen LogP contribution in [0.5, 0.6) is 5.75 Å². The summed E-state index contributed by atoms with van der Waals surface area (Å²) in [6.07, 6.45) is 0.220. The van der Waals surface area contributed by atoms with Gasteiger partial charge in [-0.25, -0.2) is 0 Å². The first-order valence-corrected chi connectivity index (χ1v) is 8.19. The van der Waals surface area contributed by atoms with Gasteiger partial charge in [-0.3, -0.25) is 9.59 Å². The fourth-order valence-electron chi connectivity index (χ4n) is 2.30. The second-order valence-corrected chi connectivity index (χ2v) is 5.62. The number of ether oxygens (including phenoxy) is 3. The lowest BCUT2D eigenvalue weighted by Gasteiger charge is -2.25. The number of rotatable bonds is 11. The van der Waals surface area contributed by atoms with Gasteiger partial charge in [-0.05, 0) is 17.7 Å². The zero-order valence-corrected chi connectivity index (χ0v) is 15.1. The molecule has 1 atom stereocenters. The van der Waals surface area contributed by atoms with Crippen LogP contribution in [0.25, 0.3) is 0 Å². The van der Waals surface area contributed by atoms with Gasteiger partial charge < -0.3 is 24.2 Å². The first-order valence-electron chi connectivity index (χ1n) is 8.19. The smallest absolute Gasteiger partial charge is 0.310 e. The quantitative estimate of drug-likeness (QED) is 0.470. The Labute approximate surface area is 148 Å². The molecule has 0 aliphatic carbocycles. The van der Waals surface area contributed by atoms with Gasteiger partial charge in [0.25, 0.3) is 0 Å². The second kappa shape index (κ2) is 11.4. The molecule has 1 aromatic carbocycles. The van der Waals surface area contributed by atoms with Crippen LogP contribution in [0.15, 0.2) is 24.3 Å². The van der Waals surface area contributed by atoms with Gasteiger partial charge in [0.05, 0.1) is 46.4 Å². The largest absolute Gasteiger partial charge is 0.497 e. The Morgan fingerprint density at radius 1 is 1.16 bits per heavy atom. The average Bonchev–Trinajstić information content (AvgIpc) is 2.63. The van der Waals surface area contributed by atoms with Crippen LogP contribution in [0.2, 0.25) is 0 Å². The summed E-state index contributed by atoms with van der Waals surface area (Å²) in [4.78, 5) is 25.8. The maximum Gasteiger partial charge on any atom is 0.310 e. The number of benzene rings is 1. The molecule has 1 N–H and O–H groups in total. The summed E-state index contributed by atoms with van der Waals surface area (Å²) in [6, 6.07) is 7.27. The van der Waals surface area contributed by atoms with Gasteiger partial charge in [-0.2, -0.15) is 0 Å². The van der Waals surface area contributed by atoms with E-state index in [-0.39, 0.29) is 38.1 Å². The summed E-state index contributed by atoms with van der Waals surface area (Å²) < 4.78 is 15.1. The molecule has 0 saturated carbocycles. The number of carbonyl (C=O) groups excluding carboxylic acids is 2. The van der Waals surface area contributed by atoms with Crippen molar-refractivity contribution >= 4 is 11.9 Å². The van der Waals surface area contributed by atoms with E-state index < -0.39 is 5.92 Å². The number of carbonyl (C=O) groups is 2. The predicted molar refractivity (Wildman–Crippen MR) is 92.4 cm³/mol. The fraction of sp³-hybridized carbons (Fsp3) is 0.556. The average molecular weight is 353 g/mol. The Balaban J connectivity index is 2.69. The minimum absolute atomic E-state index is 0.0711. The van der Waals surface area contributed by atoms with Crippen molar-refractivity contribution in [2.75, 3.05) is 47.1 Å². The molecular weight excluding hydrogens is 326 g/mol. The summed E-state index contributed by atoms with van der Waals surface area (Å²) in [6.45, 7) is 2.75. The normalized spacial score (nSPS) is 11.7. The molecule has 1 aromatic rings. The Morgan fingerprint density at radius 2 is 1.84 bits per heavy atom. The van der Waals surface area contributed by atoms with E-state index in [1.54, 1.807) is 31.1 Å². The third kappa shape index (κ3) is 7.53. The van der Waals surface area contributed by atoms with Crippen molar-refractivity contribution in [3.8, 4) is 5.75 Å². The van der Waals surface area contributed by atoms with Crippen LogP contribution in [0, 0.1) is 5.92 Å². The number of hydrogen-bond donors (Lipinski definition) is 1. The number of hydrogen-bond acceptors (Lipinski definition) is 6. The monoisotopic (exact) mass is 353 g/mol. The Morgan fingerprint density at radius 3 is 2.40 bits per heavy atom. The lowest BCUT2D eigenvalue weighted by atomic mass is 10.1. The molecule has 0 radical (unpaired) electrons. The molecule has 0 heterocycles. The first kappa shape index (κ1) is 20.9. The summed E-state index contributed by atoms with van der Waals surface area (Å²) in [5.41, 5.74) is 0.859. The molecule has 1 amide bonds. The van der Waals surface area contributed by atoms with Crippen LogP contribution in [0.3, 0.4) is 0 Å². The van der Waals surface area contributed by atoms with Crippen LogP contribution in [0.1, 0.15) is 12.5 Å². The molecule has 1 unspecified atom stereocenters. The van der Waals surface area contributed by atoms with Crippen molar-refractivity contribution in [2.45, 2.75) is 13.3 Å². The van der Waals surface area contributed by atoms with Crippen molar-refractivity contribution in [2.24, 2.45) is 5.92 Å². The van der Waals surface area contributed by atoms with E-state index >= 15 is 0 Å². The van der Waals surface area contributed by atoms with Gasteiger partial charge in [-0.1, -0.05) is 19.1 Å². The fourth-order valence-corrected chi connectivity index (χ4v) is 2.30. The Hall–Kier alpha value is -2.12. The molecule has 0 aromatic heterocycles. The first-order chi connectivity index (χ1) is 12.0. The van der Waals surface area contributed by atoms with Crippen molar-refractivity contribution in [3.63, 3.8) is 0 Å². The summed E-state index contributed by atoms with van der Waals surface area (Å²) in [5, 5.41) is 8.75. The molecular formula is C18H27NO6. The third-order valence-electron chi connectivity index (χ3n) is 3.71. The van der Waals surface area contributed by atoms with E-state index in [1.165, 1.54) is 7.11 Å². The highest BCUT2D eigenvalue weighted by Crippen LogP contribution is 2.13. The second-order valence-electron chi connectivity index (χ2n) is 5.62. The molecule has 0 spiro atoms. The summed E-state index contributed by atoms with van der Waals surface area (Å²) in [7, 11) is 2.91. The topological polar surface area (TPSA) is 85.3 Å². The van der Waals surface area contributed by atoms with E-state index in [2.05, 4.69) is 0 Å². The Kier molecular flexibility index (Phi) is 9.57. The molecule has 0 aliphatic rings. The van der Waals surface area contributed by atoms with Crippen molar-refractivity contribution in [1.82, 2.24) is 4.90 Å². The number of amides is 1. The minimum Gasteiger partial charge on any atom is -0.497 e. The van der Waals surface area contributed by atoms with Crippen LogP contribution >= 0.6 is 0 Å². The van der Waals surface area contributed by atoms with Crippen LogP contribution in [0.4, 0.5) is 0 Å². The number of methoxy groups -OCH3 is 2. The van der Waals surface area contributed by atoms with Gasteiger partial charge >= 0.3 is 5.97 Å². The van der Waals surface area contributed by atoms with Gasteiger partial charge in [0.2, 0.25) is 5.91 Å². The lowest BCUT2D eigenvalue weighted by molar-refractivity contribution is -0.146. The minimum atomic E-state index is -0.428. The number of aliphatic hydroxyl groups excluding tert-OH is 1.